The summed E-state index contributed by atoms with van der Waals surface area (Å²) in [6.07, 6.45) is 4.98. The van der Waals surface area contributed by atoms with Crippen LogP contribution in [0.2, 0.25) is 0 Å². The van der Waals surface area contributed by atoms with Crippen LogP contribution in [0.1, 0.15) is 23.0 Å². The van der Waals surface area contributed by atoms with Crippen molar-refractivity contribution in [3.63, 3.8) is 0 Å². The second-order valence-corrected chi connectivity index (χ2v) is 13.1. The summed E-state index contributed by atoms with van der Waals surface area (Å²) in [4.78, 5) is 0. The standard InChI is InChI=1S/C46H28O/c1-2-10-28-26-42-40-22-21-33(36-14-7-17-39(45(36)40)41(42)25-27(28)9-1)31-19-20-32(30-12-4-3-11-29(30)31)34-23-24-44-46-37(34)15-8-16-38(46)35-13-5-6-18-43(35)47-44/h1-26,41-42H. The summed E-state index contributed by atoms with van der Waals surface area (Å²) in [6.45, 7) is 0. The van der Waals surface area contributed by atoms with Crippen LogP contribution in [0.3, 0.4) is 0 Å². The highest BCUT2D eigenvalue weighted by Crippen LogP contribution is 2.52. The fourth-order valence-corrected chi connectivity index (χ4v) is 8.81. The number of rotatable bonds is 2. The van der Waals surface area contributed by atoms with E-state index in [9.17, 15) is 0 Å². The topological polar surface area (TPSA) is 9.23 Å². The Balaban J connectivity index is 1.12. The highest BCUT2D eigenvalue weighted by Gasteiger charge is 2.33. The van der Waals surface area contributed by atoms with Gasteiger partial charge in [0.05, 0.1) is 0 Å². The first-order chi connectivity index (χ1) is 23.3. The number of para-hydroxylation sites is 1. The van der Waals surface area contributed by atoms with Crippen LogP contribution in [0.25, 0.3) is 77.9 Å². The van der Waals surface area contributed by atoms with Crippen LogP contribution >= 0.6 is 0 Å². The zero-order chi connectivity index (χ0) is 30.6. The Labute approximate surface area is 272 Å². The molecule has 0 radical (unpaired) electrons. The van der Waals surface area contributed by atoms with E-state index in [2.05, 4.69) is 152 Å². The molecule has 11 rings (SSSR count). The second kappa shape index (κ2) is 9.31. The molecule has 0 saturated heterocycles. The van der Waals surface area contributed by atoms with Gasteiger partial charge in [-0.05, 0) is 88.4 Å². The fraction of sp³-hybridized carbons (Fsp3) is 0.0435. The maximum Gasteiger partial charge on any atom is 0.135 e. The molecule has 1 aliphatic heterocycles. The van der Waals surface area contributed by atoms with Crippen LogP contribution in [0.15, 0.2) is 146 Å². The first kappa shape index (κ1) is 25.3. The fourth-order valence-electron chi connectivity index (χ4n) is 8.81. The zero-order valence-corrected chi connectivity index (χ0v) is 25.6. The molecule has 0 saturated carbocycles. The van der Waals surface area contributed by atoms with E-state index in [1.54, 1.807) is 0 Å². The van der Waals surface area contributed by atoms with Crippen LogP contribution in [-0.2, 0) is 0 Å². The van der Waals surface area contributed by atoms with Crippen molar-refractivity contribution >= 4 is 44.5 Å². The smallest absolute Gasteiger partial charge is 0.135 e. The van der Waals surface area contributed by atoms with E-state index >= 15 is 0 Å². The van der Waals surface area contributed by atoms with Crippen molar-refractivity contribution in [2.75, 3.05) is 0 Å². The summed E-state index contributed by atoms with van der Waals surface area (Å²) < 4.78 is 6.42. The van der Waals surface area contributed by atoms with Gasteiger partial charge >= 0.3 is 0 Å². The maximum absolute atomic E-state index is 6.42. The molecule has 2 aliphatic carbocycles. The summed E-state index contributed by atoms with van der Waals surface area (Å²) in [5.74, 6) is 2.59. The Kier molecular flexibility index (Phi) is 5.01. The lowest BCUT2D eigenvalue weighted by atomic mass is 9.84. The van der Waals surface area contributed by atoms with Crippen LogP contribution in [0.5, 0.6) is 11.5 Å². The molecular formula is C46H28O. The quantitative estimate of drug-likeness (QED) is 0.193. The summed E-state index contributed by atoms with van der Waals surface area (Å²) in [5, 5.41) is 10.4. The third kappa shape index (κ3) is 3.43. The number of benzene rings is 8. The molecule has 218 valence electrons. The average Bonchev–Trinajstić information content (AvgIpc) is 3.44. The normalized spacial score (nSPS) is 16.6. The molecule has 0 bridgehead atoms. The van der Waals surface area contributed by atoms with Gasteiger partial charge in [-0.25, -0.2) is 0 Å². The lowest BCUT2D eigenvalue weighted by molar-refractivity contribution is 0.487. The summed E-state index contributed by atoms with van der Waals surface area (Å²) in [5.41, 5.74) is 10.3. The highest BCUT2D eigenvalue weighted by atomic mass is 16.5. The number of hydrogen-bond donors (Lipinski definition) is 0. The Morgan fingerprint density at radius 3 is 1.57 bits per heavy atom. The first-order valence-corrected chi connectivity index (χ1v) is 16.5. The Hall–Kier alpha value is -5.92. The van der Waals surface area contributed by atoms with Crippen molar-refractivity contribution in [3.05, 3.63) is 167 Å². The minimum Gasteiger partial charge on any atom is -0.456 e. The Morgan fingerprint density at radius 1 is 0.319 bits per heavy atom. The van der Waals surface area contributed by atoms with Gasteiger partial charge in [-0.3, -0.25) is 0 Å². The molecule has 0 aromatic heterocycles. The lowest BCUT2D eigenvalue weighted by Crippen LogP contribution is -2.29. The van der Waals surface area contributed by atoms with Gasteiger partial charge in [0.25, 0.3) is 0 Å². The highest BCUT2D eigenvalue weighted by molar-refractivity contribution is 6.16. The molecule has 0 N–H and O–H groups in total. The molecule has 0 spiro atoms. The molecule has 1 nitrogen and oxygen atoms in total. The largest absolute Gasteiger partial charge is 0.456 e. The van der Waals surface area contributed by atoms with Crippen molar-refractivity contribution in [1.29, 1.82) is 0 Å². The van der Waals surface area contributed by atoms with Gasteiger partial charge in [0.2, 0.25) is 0 Å². The molecule has 0 amide bonds. The number of fused-ring (bicyclic) bond motifs is 7. The van der Waals surface area contributed by atoms with Crippen LogP contribution < -0.4 is 15.2 Å². The maximum atomic E-state index is 6.42. The van der Waals surface area contributed by atoms with Gasteiger partial charge in [0, 0.05) is 22.8 Å². The number of ether oxygens (including phenoxy) is 1. The van der Waals surface area contributed by atoms with E-state index in [-0.39, 0.29) is 0 Å². The van der Waals surface area contributed by atoms with E-state index < -0.39 is 0 Å². The van der Waals surface area contributed by atoms with Crippen LogP contribution in [-0.4, -0.2) is 0 Å². The molecule has 8 aromatic rings. The van der Waals surface area contributed by atoms with Gasteiger partial charge in [0.15, 0.2) is 0 Å². The monoisotopic (exact) mass is 596 g/mol. The third-order valence-electron chi connectivity index (χ3n) is 10.8. The summed E-state index contributed by atoms with van der Waals surface area (Å²) in [7, 11) is 0. The molecule has 1 heteroatoms. The van der Waals surface area contributed by atoms with Gasteiger partial charge in [-0.15, -0.1) is 0 Å². The molecule has 2 atom stereocenters. The lowest BCUT2D eigenvalue weighted by Gasteiger charge is -2.23. The van der Waals surface area contributed by atoms with E-state index in [1.165, 1.54) is 81.7 Å². The van der Waals surface area contributed by atoms with Crippen molar-refractivity contribution in [2.24, 2.45) is 0 Å². The molecule has 3 aliphatic rings. The minimum absolute atomic E-state index is 0.377. The van der Waals surface area contributed by atoms with Crippen molar-refractivity contribution < 1.29 is 4.74 Å². The van der Waals surface area contributed by atoms with Gasteiger partial charge in [-0.2, -0.15) is 0 Å². The molecule has 47 heavy (non-hydrogen) atoms. The van der Waals surface area contributed by atoms with Crippen molar-refractivity contribution in [1.82, 2.24) is 0 Å². The Morgan fingerprint density at radius 2 is 0.830 bits per heavy atom. The number of hydrogen-bond acceptors (Lipinski definition) is 1. The predicted molar refractivity (Wildman–Crippen MR) is 195 cm³/mol. The minimum atomic E-state index is 0.377. The van der Waals surface area contributed by atoms with Gasteiger partial charge < -0.3 is 4.74 Å². The van der Waals surface area contributed by atoms with E-state index in [0.717, 1.165) is 17.1 Å². The average molecular weight is 597 g/mol. The van der Waals surface area contributed by atoms with E-state index in [4.69, 9.17) is 4.74 Å². The predicted octanol–water partition coefficient (Wildman–Crippen LogP) is 10.7. The molecular weight excluding hydrogens is 569 g/mol. The van der Waals surface area contributed by atoms with Gasteiger partial charge in [0.1, 0.15) is 11.5 Å². The van der Waals surface area contributed by atoms with Gasteiger partial charge in [-0.1, -0.05) is 146 Å². The van der Waals surface area contributed by atoms with Crippen molar-refractivity contribution in [3.8, 4) is 44.9 Å². The molecule has 8 aromatic carbocycles. The van der Waals surface area contributed by atoms with Crippen LogP contribution in [0.4, 0.5) is 0 Å². The van der Waals surface area contributed by atoms with E-state index in [1.807, 2.05) is 6.07 Å². The SMILES string of the molecule is C1=c2ccccc2=CC2c3ccc(-c4ccc(-c5ccc6c7c(cccc57)-c5ccccc5O6)c5ccccc45)c4cccc(c34)C12. The summed E-state index contributed by atoms with van der Waals surface area (Å²) >= 11 is 0. The van der Waals surface area contributed by atoms with Crippen LogP contribution in [0, 0.1) is 0 Å². The molecule has 2 unspecified atom stereocenters. The summed E-state index contributed by atoms with van der Waals surface area (Å²) in [6, 6.07) is 53.5. The zero-order valence-electron chi connectivity index (χ0n) is 25.6. The first-order valence-electron chi connectivity index (χ1n) is 16.5. The van der Waals surface area contributed by atoms with Crippen molar-refractivity contribution in [2.45, 2.75) is 11.8 Å². The van der Waals surface area contributed by atoms with E-state index in [0.29, 0.717) is 11.8 Å². The Bertz CT molecular complexity index is 2740. The molecule has 1 heterocycles. The second-order valence-electron chi connectivity index (χ2n) is 13.1. The molecule has 0 fully saturated rings. The third-order valence-corrected chi connectivity index (χ3v) is 10.8.